The highest BCUT2D eigenvalue weighted by Gasteiger charge is 2.05. The summed E-state index contributed by atoms with van der Waals surface area (Å²) < 4.78 is 11.2. The molecule has 1 aromatic heterocycles. The van der Waals surface area contributed by atoms with E-state index in [0.717, 1.165) is 10.0 Å². The van der Waals surface area contributed by atoms with E-state index in [1.165, 1.54) is 0 Å². The third kappa shape index (κ3) is 3.57. The third-order valence-corrected chi connectivity index (χ3v) is 3.27. The summed E-state index contributed by atoms with van der Waals surface area (Å²) in [6.45, 7) is 0.609. The summed E-state index contributed by atoms with van der Waals surface area (Å²) >= 11 is 3.50. The molecule has 0 amide bonds. The van der Waals surface area contributed by atoms with Gasteiger partial charge < -0.3 is 14.8 Å². The Balaban J connectivity index is 2.13. The van der Waals surface area contributed by atoms with E-state index in [1.54, 1.807) is 20.3 Å². The molecule has 19 heavy (non-hydrogen) atoms. The quantitative estimate of drug-likeness (QED) is 0.916. The van der Waals surface area contributed by atoms with Gasteiger partial charge in [0.2, 0.25) is 17.7 Å². The van der Waals surface area contributed by atoms with E-state index in [2.05, 4.69) is 31.2 Å². The summed E-state index contributed by atoms with van der Waals surface area (Å²) in [5.41, 5.74) is 1.12. The van der Waals surface area contributed by atoms with Crippen molar-refractivity contribution in [1.82, 2.24) is 9.97 Å². The van der Waals surface area contributed by atoms with Gasteiger partial charge in [-0.1, -0.05) is 34.1 Å². The van der Waals surface area contributed by atoms with Crippen molar-refractivity contribution in [2.75, 3.05) is 19.5 Å². The number of aromatic nitrogens is 2. The Hall–Kier alpha value is -1.82. The van der Waals surface area contributed by atoms with E-state index < -0.39 is 0 Å². The van der Waals surface area contributed by atoms with Crippen LogP contribution in [0.15, 0.2) is 34.8 Å². The van der Waals surface area contributed by atoms with Crippen LogP contribution in [-0.4, -0.2) is 24.2 Å². The fourth-order valence-corrected chi connectivity index (χ4v) is 1.93. The second-order valence-electron chi connectivity index (χ2n) is 3.72. The second-order valence-corrected chi connectivity index (χ2v) is 4.58. The Morgan fingerprint density at radius 3 is 2.32 bits per heavy atom. The van der Waals surface area contributed by atoms with Crippen LogP contribution in [-0.2, 0) is 6.54 Å². The van der Waals surface area contributed by atoms with Crippen LogP contribution in [0.3, 0.4) is 0 Å². The minimum atomic E-state index is 0.460. The number of methoxy groups -OCH3 is 2. The fraction of sp³-hybridized carbons (Fsp3) is 0.231. The molecule has 0 bridgehead atoms. The van der Waals surface area contributed by atoms with Crippen molar-refractivity contribution in [1.29, 1.82) is 0 Å². The van der Waals surface area contributed by atoms with Crippen LogP contribution >= 0.6 is 15.9 Å². The SMILES string of the molecule is COc1cc(OC)nc(NCc2ccccc2Br)n1. The van der Waals surface area contributed by atoms with Crippen LogP contribution in [0.1, 0.15) is 5.56 Å². The molecule has 0 spiro atoms. The maximum atomic E-state index is 5.09. The zero-order valence-electron chi connectivity index (χ0n) is 10.7. The molecule has 0 aliphatic rings. The number of ether oxygens (including phenoxy) is 2. The molecule has 0 saturated carbocycles. The van der Waals surface area contributed by atoms with Gasteiger partial charge in [0.15, 0.2) is 0 Å². The summed E-state index contributed by atoms with van der Waals surface area (Å²) in [6, 6.07) is 9.59. The molecule has 0 radical (unpaired) electrons. The van der Waals surface area contributed by atoms with Crippen molar-refractivity contribution in [3.63, 3.8) is 0 Å². The van der Waals surface area contributed by atoms with Gasteiger partial charge in [-0.3, -0.25) is 0 Å². The van der Waals surface area contributed by atoms with Gasteiger partial charge >= 0.3 is 0 Å². The monoisotopic (exact) mass is 323 g/mol. The summed E-state index contributed by atoms with van der Waals surface area (Å²) in [4.78, 5) is 8.41. The smallest absolute Gasteiger partial charge is 0.229 e. The van der Waals surface area contributed by atoms with Crippen molar-refractivity contribution in [2.45, 2.75) is 6.54 Å². The molecule has 2 rings (SSSR count). The van der Waals surface area contributed by atoms with E-state index in [-0.39, 0.29) is 0 Å². The minimum Gasteiger partial charge on any atom is -0.481 e. The summed E-state index contributed by atoms with van der Waals surface area (Å²) in [7, 11) is 3.11. The minimum absolute atomic E-state index is 0.460. The predicted octanol–water partition coefficient (Wildman–Crippen LogP) is 2.87. The maximum absolute atomic E-state index is 5.09. The third-order valence-electron chi connectivity index (χ3n) is 2.49. The average molecular weight is 324 g/mol. The number of hydrogen-bond acceptors (Lipinski definition) is 5. The molecule has 2 aromatic rings. The Morgan fingerprint density at radius 1 is 1.11 bits per heavy atom. The molecule has 100 valence electrons. The Bertz CT molecular complexity index is 541. The molecule has 0 aliphatic carbocycles. The molecule has 6 heteroatoms. The Morgan fingerprint density at radius 2 is 1.74 bits per heavy atom. The maximum Gasteiger partial charge on any atom is 0.229 e. The zero-order chi connectivity index (χ0) is 13.7. The van der Waals surface area contributed by atoms with E-state index in [4.69, 9.17) is 9.47 Å². The van der Waals surface area contributed by atoms with Gasteiger partial charge in [-0.25, -0.2) is 0 Å². The van der Waals surface area contributed by atoms with Gasteiger partial charge in [-0.15, -0.1) is 0 Å². The van der Waals surface area contributed by atoms with Crippen molar-refractivity contribution in [2.24, 2.45) is 0 Å². The second kappa shape index (κ2) is 6.38. The lowest BCUT2D eigenvalue weighted by Gasteiger charge is -2.09. The fourth-order valence-electron chi connectivity index (χ4n) is 1.51. The normalized spacial score (nSPS) is 10.1. The van der Waals surface area contributed by atoms with Gasteiger partial charge in [-0.05, 0) is 11.6 Å². The first-order valence-corrected chi connectivity index (χ1v) is 6.46. The molecule has 1 N–H and O–H groups in total. The highest BCUT2D eigenvalue weighted by molar-refractivity contribution is 9.10. The lowest BCUT2D eigenvalue weighted by molar-refractivity contribution is 0.373. The van der Waals surface area contributed by atoms with Gasteiger partial charge in [-0.2, -0.15) is 9.97 Å². The van der Waals surface area contributed by atoms with Gasteiger partial charge in [0.25, 0.3) is 0 Å². The number of halogens is 1. The zero-order valence-corrected chi connectivity index (χ0v) is 12.3. The first kappa shape index (κ1) is 13.6. The number of nitrogens with one attached hydrogen (secondary N) is 1. The highest BCUT2D eigenvalue weighted by Crippen LogP contribution is 2.20. The molecule has 0 fully saturated rings. The molecular formula is C13H14BrN3O2. The Labute approximate surface area is 120 Å². The summed E-state index contributed by atoms with van der Waals surface area (Å²) in [5, 5.41) is 3.14. The van der Waals surface area contributed by atoms with Gasteiger partial charge in [0, 0.05) is 11.0 Å². The van der Waals surface area contributed by atoms with E-state index in [9.17, 15) is 0 Å². The molecular weight excluding hydrogens is 310 g/mol. The molecule has 5 nitrogen and oxygen atoms in total. The first-order chi connectivity index (χ1) is 9.22. The van der Waals surface area contributed by atoms with E-state index in [1.807, 2.05) is 24.3 Å². The topological polar surface area (TPSA) is 56.3 Å². The van der Waals surface area contributed by atoms with Gasteiger partial charge in [0.1, 0.15) is 0 Å². The standard InChI is InChI=1S/C13H14BrN3O2/c1-18-11-7-12(19-2)17-13(16-11)15-8-9-5-3-4-6-10(9)14/h3-7H,8H2,1-2H3,(H,15,16,17). The van der Waals surface area contributed by atoms with Crippen molar-refractivity contribution < 1.29 is 9.47 Å². The van der Waals surface area contributed by atoms with Crippen LogP contribution in [0.4, 0.5) is 5.95 Å². The van der Waals surface area contributed by atoms with Crippen LogP contribution in [0.25, 0.3) is 0 Å². The van der Waals surface area contributed by atoms with Crippen molar-refractivity contribution in [3.05, 3.63) is 40.4 Å². The summed E-state index contributed by atoms with van der Waals surface area (Å²) in [5.74, 6) is 1.38. The van der Waals surface area contributed by atoms with E-state index in [0.29, 0.717) is 24.3 Å². The number of benzene rings is 1. The molecule has 0 unspecified atom stereocenters. The van der Waals surface area contributed by atoms with Crippen LogP contribution < -0.4 is 14.8 Å². The van der Waals surface area contributed by atoms with E-state index >= 15 is 0 Å². The van der Waals surface area contributed by atoms with Crippen molar-refractivity contribution in [3.8, 4) is 11.8 Å². The largest absolute Gasteiger partial charge is 0.481 e. The van der Waals surface area contributed by atoms with Crippen LogP contribution in [0.2, 0.25) is 0 Å². The molecule has 0 saturated heterocycles. The highest BCUT2D eigenvalue weighted by atomic mass is 79.9. The number of hydrogen-bond donors (Lipinski definition) is 1. The number of nitrogens with zero attached hydrogens (tertiary/aromatic N) is 2. The molecule has 0 aliphatic heterocycles. The van der Waals surface area contributed by atoms with Crippen molar-refractivity contribution >= 4 is 21.9 Å². The molecule has 1 aromatic carbocycles. The predicted molar refractivity (Wildman–Crippen MR) is 76.6 cm³/mol. The lowest BCUT2D eigenvalue weighted by atomic mass is 10.2. The summed E-state index contributed by atoms with van der Waals surface area (Å²) in [6.07, 6.45) is 0. The lowest BCUT2D eigenvalue weighted by Crippen LogP contribution is -2.05. The first-order valence-electron chi connectivity index (χ1n) is 5.67. The van der Waals surface area contributed by atoms with Gasteiger partial charge in [0.05, 0.1) is 20.3 Å². The van der Waals surface area contributed by atoms with Crippen LogP contribution in [0, 0.1) is 0 Å². The number of rotatable bonds is 5. The molecule has 0 atom stereocenters. The number of anilines is 1. The molecule has 1 heterocycles. The van der Waals surface area contributed by atoms with Crippen LogP contribution in [0.5, 0.6) is 11.8 Å². The Kier molecular flexibility index (Phi) is 4.57. The average Bonchev–Trinajstić information content (AvgIpc) is 2.46.